The Balaban J connectivity index is 0.740. The summed E-state index contributed by atoms with van der Waals surface area (Å²) in [6.07, 6.45) is 4.00. The maximum Gasteiger partial charge on any atom is 0.264 e. The molecule has 1 N–H and O–H groups in total. The van der Waals surface area contributed by atoms with Crippen molar-refractivity contribution in [2.75, 3.05) is 44.2 Å². The Morgan fingerprint density at radius 3 is 2.46 bits per heavy atom. The van der Waals surface area contributed by atoms with Crippen LogP contribution in [0.25, 0.3) is 4.85 Å². The number of nitrogens with one attached hydrogen (secondary N) is 1. The van der Waals surface area contributed by atoms with Crippen molar-refractivity contribution < 1.29 is 28.7 Å². The van der Waals surface area contributed by atoms with Gasteiger partial charge in [0, 0.05) is 61.5 Å². The van der Waals surface area contributed by atoms with E-state index in [0.717, 1.165) is 74.6 Å². The van der Waals surface area contributed by atoms with E-state index in [-0.39, 0.29) is 36.8 Å². The first kappa shape index (κ1) is 36.9. The molecule has 4 saturated heterocycles. The summed E-state index contributed by atoms with van der Waals surface area (Å²) in [4.78, 5) is 75.5. The average Bonchev–Trinajstić information content (AvgIpc) is 3.83. The van der Waals surface area contributed by atoms with Crippen LogP contribution in [-0.2, 0) is 9.59 Å². The number of nitrogens with zero attached hydrogens (tertiary/aromatic N) is 5. The van der Waals surface area contributed by atoms with Crippen molar-refractivity contribution in [3.05, 3.63) is 99.4 Å². The van der Waals surface area contributed by atoms with Crippen molar-refractivity contribution >= 4 is 52.5 Å². The quantitative estimate of drug-likeness (QED) is 0.198. The monoisotopic (exact) mass is 784 g/mol. The first-order chi connectivity index (χ1) is 27.6. The van der Waals surface area contributed by atoms with Gasteiger partial charge in [-0.15, -0.1) is 0 Å². The topological polar surface area (TPSA) is 124 Å². The number of carbonyl (C=O) groups is 5. The number of ether oxygens (including phenoxy) is 1. The lowest BCUT2D eigenvalue weighted by Gasteiger charge is -2.44. The molecule has 0 spiro atoms. The lowest BCUT2D eigenvalue weighted by Crippen LogP contribution is -2.54. The highest BCUT2D eigenvalue weighted by molar-refractivity contribution is 6.33. The van der Waals surface area contributed by atoms with Crippen LogP contribution in [0, 0.1) is 36.2 Å². The molecule has 4 unspecified atom stereocenters. The Labute approximate surface area is 335 Å². The predicted octanol–water partition coefficient (Wildman–Crippen LogP) is 5.17. The predicted molar refractivity (Wildman–Crippen MR) is 211 cm³/mol. The Kier molecular flexibility index (Phi) is 9.71. The zero-order chi connectivity index (χ0) is 39.4. The van der Waals surface area contributed by atoms with Crippen LogP contribution >= 0.6 is 11.6 Å². The first-order valence-corrected chi connectivity index (χ1v) is 20.1. The second kappa shape index (κ2) is 15.0. The molecule has 13 heteroatoms. The third-order valence-electron chi connectivity index (χ3n) is 12.5. The fourth-order valence-electron chi connectivity index (χ4n) is 9.48. The number of benzene rings is 3. The van der Waals surface area contributed by atoms with Crippen molar-refractivity contribution in [3.8, 4) is 17.6 Å². The number of piperidine rings is 3. The third-order valence-corrected chi connectivity index (χ3v) is 12.8. The van der Waals surface area contributed by atoms with Crippen molar-refractivity contribution in [1.82, 2.24) is 20.0 Å². The van der Waals surface area contributed by atoms with E-state index in [9.17, 15) is 24.0 Å². The molecule has 5 fully saturated rings. The molecule has 3 aromatic carbocycles. The number of carbonyl (C=O) groups excluding carboxylic acids is 5. The summed E-state index contributed by atoms with van der Waals surface area (Å²) in [6.45, 7) is 12.3. The standard InChI is InChI=1S/C44H41ClN6O6/c1-46-34-13-12-31(21-33(34)45)57-40-30-11-14-36(40)50(25-30)42(54)29-9-7-26(8-10-29)5-6-27-17-19-48(20-18-27)22-28-23-49(24-28)35-4-2-3-32-39(35)44(56)51(43(32)55)37-15-16-38(52)47-41(37)53/h2-4,7-10,12-13,21,27-28,30,36-37,40H,11,14-20,22-25H2,(H,47,52,53). The van der Waals surface area contributed by atoms with E-state index in [4.69, 9.17) is 22.9 Å². The first-order valence-electron chi connectivity index (χ1n) is 19.7. The van der Waals surface area contributed by atoms with Crippen LogP contribution in [0.15, 0.2) is 60.7 Å². The molecular weight excluding hydrogens is 744 g/mol. The lowest BCUT2D eigenvalue weighted by atomic mass is 9.93. The van der Waals surface area contributed by atoms with Crippen LogP contribution in [0.2, 0.25) is 5.02 Å². The number of imide groups is 2. The number of likely N-dealkylation sites (tertiary alicyclic amines) is 2. The number of halogens is 1. The van der Waals surface area contributed by atoms with E-state index in [0.29, 0.717) is 51.5 Å². The summed E-state index contributed by atoms with van der Waals surface area (Å²) in [5.41, 5.74) is 3.30. The number of amides is 5. The van der Waals surface area contributed by atoms with Crippen molar-refractivity contribution in [2.45, 2.75) is 56.7 Å². The van der Waals surface area contributed by atoms with Crippen LogP contribution in [0.3, 0.4) is 0 Å². The largest absolute Gasteiger partial charge is 0.488 e. The van der Waals surface area contributed by atoms with Crippen LogP contribution in [-0.4, -0.2) is 102 Å². The Hall–Kier alpha value is -5.69. The van der Waals surface area contributed by atoms with E-state index < -0.39 is 29.7 Å². The zero-order valence-corrected chi connectivity index (χ0v) is 32.0. The Morgan fingerprint density at radius 1 is 0.930 bits per heavy atom. The van der Waals surface area contributed by atoms with E-state index in [1.807, 2.05) is 35.2 Å². The fraction of sp³-hybridized carbons (Fsp3) is 0.409. The van der Waals surface area contributed by atoms with Gasteiger partial charge >= 0.3 is 0 Å². The molecule has 6 aliphatic rings. The smallest absolute Gasteiger partial charge is 0.264 e. The molecule has 3 aromatic rings. The van der Waals surface area contributed by atoms with Gasteiger partial charge in [0.2, 0.25) is 17.5 Å². The Morgan fingerprint density at radius 2 is 1.72 bits per heavy atom. The number of fused-ring (bicyclic) bond motifs is 3. The summed E-state index contributed by atoms with van der Waals surface area (Å²) >= 11 is 6.23. The molecule has 5 aliphatic heterocycles. The SMILES string of the molecule is [C-]#[N+]c1ccc(OC2C3CCC2N(C(=O)c2ccc(C#CC4CCN(CC5CN(c6cccc7c6C(=O)N(C6CCC(=O)NC6=O)C7=O)C5)CC4)cc2)C3)cc1Cl. The Bertz CT molecular complexity index is 2280. The van der Waals surface area contributed by atoms with Gasteiger partial charge < -0.3 is 19.4 Å². The molecule has 0 aromatic heterocycles. The minimum absolute atomic E-state index is 0.00232. The van der Waals surface area contributed by atoms with Crippen LogP contribution in [0.4, 0.5) is 11.4 Å². The van der Waals surface area contributed by atoms with Gasteiger partial charge in [-0.25, -0.2) is 4.85 Å². The van der Waals surface area contributed by atoms with E-state index in [1.165, 1.54) is 0 Å². The van der Waals surface area contributed by atoms with Crippen molar-refractivity contribution in [3.63, 3.8) is 0 Å². The summed E-state index contributed by atoms with van der Waals surface area (Å²) in [5, 5.41) is 2.62. The second-order valence-corrected chi connectivity index (χ2v) is 16.4. The molecule has 57 heavy (non-hydrogen) atoms. The highest BCUT2D eigenvalue weighted by Crippen LogP contribution is 2.42. The maximum absolute atomic E-state index is 13.6. The summed E-state index contributed by atoms with van der Waals surface area (Å²) in [6, 6.07) is 17.0. The summed E-state index contributed by atoms with van der Waals surface area (Å²) < 4.78 is 6.32. The molecule has 5 heterocycles. The number of rotatable bonds is 7. The van der Waals surface area contributed by atoms with Gasteiger partial charge in [0.25, 0.3) is 17.7 Å². The van der Waals surface area contributed by atoms with Gasteiger partial charge in [0.05, 0.1) is 34.5 Å². The maximum atomic E-state index is 13.6. The molecule has 1 aliphatic carbocycles. The summed E-state index contributed by atoms with van der Waals surface area (Å²) in [5.74, 6) is 6.47. The third kappa shape index (κ3) is 6.91. The number of anilines is 1. The van der Waals surface area contributed by atoms with E-state index in [2.05, 4.69) is 31.8 Å². The highest BCUT2D eigenvalue weighted by atomic mass is 35.5. The lowest BCUT2D eigenvalue weighted by molar-refractivity contribution is -0.136. The molecule has 4 atom stereocenters. The van der Waals surface area contributed by atoms with Crippen LogP contribution in [0.5, 0.6) is 5.75 Å². The average molecular weight is 785 g/mol. The van der Waals surface area contributed by atoms with Gasteiger partial charge in [-0.2, -0.15) is 0 Å². The van der Waals surface area contributed by atoms with E-state index in [1.54, 1.807) is 30.3 Å². The fourth-order valence-corrected chi connectivity index (χ4v) is 9.69. The van der Waals surface area contributed by atoms with Gasteiger partial charge in [0.15, 0.2) is 0 Å². The molecule has 9 rings (SSSR count). The zero-order valence-electron chi connectivity index (χ0n) is 31.3. The summed E-state index contributed by atoms with van der Waals surface area (Å²) in [7, 11) is 0. The van der Waals surface area contributed by atoms with Gasteiger partial charge in [-0.1, -0.05) is 35.6 Å². The molecule has 5 amide bonds. The van der Waals surface area contributed by atoms with Crippen LogP contribution < -0.4 is 15.0 Å². The van der Waals surface area contributed by atoms with E-state index >= 15 is 0 Å². The molecule has 290 valence electrons. The van der Waals surface area contributed by atoms with Crippen LogP contribution in [0.1, 0.15) is 75.2 Å². The molecule has 2 bridgehead atoms. The molecule has 12 nitrogen and oxygen atoms in total. The van der Waals surface area contributed by atoms with Crippen molar-refractivity contribution in [2.24, 2.45) is 17.8 Å². The number of hydrogen-bond donors (Lipinski definition) is 1. The van der Waals surface area contributed by atoms with Crippen molar-refractivity contribution in [1.29, 1.82) is 0 Å². The molecule has 1 saturated carbocycles. The van der Waals surface area contributed by atoms with Gasteiger partial charge in [-0.3, -0.25) is 34.2 Å². The highest BCUT2D eigenvalue weighted by Gasteiger charge is 2.51. The minimum Gasteiger partial charge on any atom is -0.488 e. The number of hydrogen-bond acceptors (Lipinski definition) is 8. The molecular formula is C44H41ClN6O6. The second-order valence-electron chi connectivity index (χ2n) is 16.0. The minimum atomic E-state index is -0.980. The van der Waals surface area contributed by atoms with Gasteiger partial charge in [0.1, 0.15) is 17.9 Å². The normalized spacial score (nSPS) is 24.8. The molecule has 0 radical (unpaired) electrons. The van der Waals surface area contributed by atoms with Gasteiger partial charge in [-0.05, 0) is 93.7 Å².